The van der Waals surface area contributed by atoms with Crippen LogP contribution in [0.25, 0.3) is 0 Å². The molecule has 4 rings (SSSR count). The van der Waals surface area contributed by atoms with Gasteiger partial charge in [-0.3, -0.25) is 19.4 Å². The molecule has 0 radical (unpaired) electrons. The Bertz CT molecular complexity index is 1110. The van der Waals surface area contributed by atoms with E-state index in [1.165, 1.54) is 11.1 Å². The van der Waals surface area contributed by atoms with Crippen molar-refractivity contribution in [3.8, 4) is 5.75 Å². The summed E-state index contributed by atoms with van der Waals surface area (Å²) in [5.74, 6) is 0.143. The molecule has 7 nitrogen and oxygen atoms in total. The molecule has 1 saturated heterocycles. The molecule has 0 atom stereocenters. The van der Waals surface area contributed by atoms with Crippen molar-refractivity contribution in [1.82, 2.24) is 15.1 Å². The maximum Gasteiger partial charge on any atom is 0.251 e. The first-order chi connectivity index (χ1) is 17.6. The zero-order chi connectivity index (χ0) is 25.2. The third-order valence-corrected chi connectivity index (χ3v) is 6.19. The van der Waals surface area contributed by atoms with E-state index in [1.54, 1.807) is 24.3 Å². The van der Waals surface area contributed by atoms with Crippen LogP contribution < -0.4 is 15.4 Å². The van der Waals surface area contributed by atoms with Crippen LogP contribution in [0.1, 0.15) is 28.4 Å². The molecule has 36 heavy (non-hydrogen) atoms. The van der Waals surface area contributed by atoms with Crippen LogP contribution in [-0.2, 0) is 17.9 Å². The van der Waals surface area contributed by atoms with Crippen molar-refractivity contribution >= 4 is 17.5 Å². The van der Waals surface area contributed by atoms with E-state index in [4.69, 9.17) is 4.74 Å². The van der Waals surface area contributed by atoms with Crippen molar-refractivity contribution in [3.05, 3.63) is 95.6 Å². The van der Waals surface area contributed by atoms with E-state index in [0.29, 0.717) is 23.6 Å². The lowest BCUT2D eigenvalue weighted by molar-refractivity contribution is -0.115. The number of ether oxygens (including phenoxy) is 1. The number of nitrogens with zero attached hydrogens (tertiary/aromatic N) is 2. The van der Waals surface area contributed by atoms with Gasteiger partial charge in [0.2, 0.25) is 5.91 Å². The zero-order valence-electron chi connectivity index (χ0n) is 20.8. The summed E-state index contributed by atoms with van der Waals surface area (Å²) in [6.07, 6.45) is 0. The number of amides is 2. The Kier molecular flexibility index (Phi) is 9.08. The van der Waals surface area contributed by atoms with E-state index < -0.39 is 0 Å². The van der Waals surface area contributed by atoms with Gasteiger partial charge in [-0.1, -0.05) is 42.5 Å². The lowest BCUT2D eigenvalue weighted by atomic mass is 10.1. The van der Waals surface area contributed by atoms with E-state index in [2.05, 4.69) is 50.8 Å². The number of carbonyl (C=O) groups is 2. The molecular formula is C29H34N4O3. The lowest BCUT2D eigenvalue weighted by Gasteiger charge is -2.34. The van der Waals surface area contributed by atoms with Crippen LogP contribution in [0.3, 0.4) is 0 Å². The molecule has 0 aliphatic carbocycles. The van der Waals surface area contributed by atoms with Gasteiger partial charge in [-0.2, -0.15) is 0 Å². The smallest absolute Gasteiger partial charge is 0.251 e. The standard InChI is InChI=1S/C29H34N4O3/c1-2-36-27-14-10-25(11-15-27)29(35)30-20-28(34)31-26-12-8-24(9-13-26)22-33-18-16-32(17-19-33)21-23-6-4-3-5-7-23/h3-15H,2,16-22H2,1H3,(H,30,35)(H,31,34). The third kappa shape index (κ3) is 7.66. The molecule has 2 N–H and O–H groups in total. The highest BCUT2D eigenvalue weighted by Crippen LogP contribution is 2.15. The van der Waals surface area contributed by atoms with Crippen LogP contribution in [0.15, 0.2) is 78.9 Å². The zero-order valence-corrected chi connectivity index (χ0v) is 20.8. The van der Waals surface area contributed by atoms with Crippen molar-refractivity contribution in [2.75, 3.05) is 44.6 Å². The minimum absolute atomic E-state index is 0.0962. The quantitative estimate of drug-likeness (QED) is 0.456. The fourth-order valence-electron chi connectivity index (χ4n) is 4.24. The molecule has 0 bridgehead atoms. The van der Waals surface area contributed by atoms with Gasteiger partial charge in [0.25, 0.3) is 5.91 Å². The lowest BCUT2D eigenvalue weighted by Crippen LogP contribution is -2.45. The number of piperazine rings is 1. The minimum Gasteiger partial charge on any atom is -0.494 e. The van der Waals surface area contributed by atoms with E-state index in [9.17, 15) is 9.59 Å². The van der Waals surface area contributed by atoms with Gasteiger partial charge in [0, 0.05) is 50.5 Å². The van der Waals surface area contributed by atoms with Gasteiger partial charge in [0.05, 0.1) is 13.2 Å². The number of rotatable bonds is 10. The van der Waals surface area contributed by atoms with E-state index in [0.717, 1.165) is 39.3 Å². The maximum atomic E-state index is 12.3. The van der Waals surface area contributed by atoms with E-state index >= 15 is 0 Å². The average molecular weight is 487 g/mol. The predicted molar refractivity (Wildman–Crippen MR) is 142 cm³/mol. The number of hydrogen-bond donors (Lipinski definition) is 2. The highest BCUT2D eigenvalue weighted by atomic mass is 16.5. The van der Waals surface area contributed by atoms with Gasteiger partial charge in [-0.15, -0.1) is 0 Å². The summed E-state index contributed by atoms with van der Waals surface area (Å²) in [6.45, 7) is 8.48. The first-order valence-electron chi connectivity index (χ1n) is 12.5. The molecule has 0 unspecified atom stereocenters. The van der Waals surface area contributed by atoms with Crippen molar-refractivity contribution in [1.29, 1.82) is 0 Å². The summed E-state index contributed by atoms with van der Waals surface area (Å²) in [4.78, 5) is 29.5. The summed E-state index contributed by atoms with van der Waals surface area (Å²) < 4.78 is 5.38. The Hall–Kier alpha value is -3.68. The molecule has 7 heteroatoms. The van der Waals surface area contributed by atoms with Gasteiger partial charge < -0.3 is 15.4 Å². The summed E-state index contributed by atoms with van der Waals surface area (Å²) in [5, 5.41) is 5.49. The largest absolute Gasteiger partial charge is 0.494 e. The summed E-state index contributed by atoms with van der Waals surface area (Å²) >= 11 is 0. The topological polar surface area (TPSA) is 73.9 Å². The number of carbonyl (C=O) groups excluding carboxylic acids is 2. The highest BCUT2D eigenvalue weighted by molar-refractivity contribution is 5.99. The summed E-state index contributed by atoms with van der Waals surface area (Å²) in [5.41, 5.74) is 3.77. The van der Waals surface area contributed by atoms with Gasteiger partial charge >= 0.3 is 0 Å². The Morgan fingerprint density at radius 1 is 0.778 bits per heavy atom. The Labute approximate surface area is 213 Å². The van der Waals surface area contributed by atoms with Gasteiger partial charge in [0.15, 0.2) is 0 Å². The molecule has 1 aliphatic heterocycles. The molecule has 3 aromatic carbocycles. The number of benzene rings is 3. The number of hydrogen-bond acceptors (Lipinski definition) is 5. The Balaban J connectivity index is 1.17. The molecule has 0 saturated carbocycles. The molecule has 0 spiro atoms. The third-order valence-electron chi connectivity index (χ3n) is 6.19. The second-order valence-corrected chi connectivity index (χ2v) is 8.92. The van der Waals surface area contributed by atoms with Gasteiger partial charge in [0.1, 0.15) is 5.75 Å². The molecule has 188 valence electrons. The average Bonchev–Trinajstić information content (AvgIpc) is 2.91. The fraction of sp³-hybridized carbons (Fsp3) is 0.310. The van der Waals surface area contributed by atoms with Gasteiger partial charge in [-0.25, -0.2) is 0 Å². The molecule has 1 heterocycles. The normalized spacial score (nSPS) is 14.2. The summed E-state index contributed by atoms with van der Waals surface area (Å²) in [6, 6.07) is 25.4. The second-order valence-electron chi connectivity index (χ2n) is 8.92. The fourth-order valence-corrected chi connectivity index (χ4v) is 4.24. The van der Waals surface area contributed by atoms with Crippen molar-refractivity contribution in [3.63, 3.8) is 0 Å². The van der Waals surface area contributed by atoms with Crippen molar-refractivity contribution in [2.24, 2.45) is 0 Å². The summed E-state index contributed by atoms with van der Waals surface area (Å²) in [7, 11) is 0. The highest BCUT2D eigenvalue weighted by Gasteiger charge is 2.17. The van der Waals surface area contributed by atoms with Crippen LogP contribution in [0.5, 0.6) is 5.75 Å². The van der Waals surface area contributed by atoms with Crippen LogP contribution >= 0.6 is 0 Å². The van der Waals surface area contributed by atoms with E-state index in [-0.39, 0.29) is 18.4 Å². The van der Waals surface area contributed by atoms with Crippen molar-refractivity contribution in [2.45, 2.75) is 20.0 Å². The maximum absolute atomic E-state index is 12.3. The molecule has 1 aliphatic rings. The first-order valence-corrected chi connectivity index (χ1v) is 12.5. The first kappa shape index (κ1) is 25.4. The van der Waals surface area contributed by atoms with E-state index in [1.807, 2.05) is 31.2 Å². The monoisotopic (exact) mass is 486 g/mol. The molecule has 3 aromatic rings. The van der Waals surface area contributed by atoms with Crippen LogP contribution in [0, 0.1) is 0 Å². The second kappa shape index (κ2) is 12.9. The Morgan fingerprint density at radius 3 is 1.94 bits per heavy atom. The van der Waals surface area contributed by atoms with Crippen molar-refractivity contribution < 1.29 is 14.3 Å². The Morgan fingerprint density at radius 2 is 1.36 bits per heavy atom. The minimum atomic E-state index is -0.299. The molecular weight excluding hydrogens is 452 g/mol. The molecule has 2 amide bonds. The molecule has 1 fully saturated rings. The SMILES string of the molecule is CCOc1ccc(C(=O)NCC(=O)Nc2ccc(CN3CCN(Cc4ccccc4)CC3)cc2)cc1. The number of anilines is 1. The van der Waals surface area contributed by atoms with Gasteiger partial charge in [-0.05, 0) is 54.4 Å². The predicted octanol–water partition coefficient (Wildman–Crippen LogP) is 3.77. The number of nitrogens with one attached hydrogen (secondary N) is 2. The van der Waals surface area contributed by atoms with Crippen LogP contribution in [0.4, 0.5) is 5.69 Å². The molecule has 0 aromatic heterocycles. The van der Waals surface area contributed by atoms with Crippen LogP contribution in [-0.4, -0.2) is 60.9 Å². The van der Waals surface area contributed by atoms with Crippen LogP contribution in [0.2, 0.25) is 0 Å².